The van der Waals surface area contributed by atoms with Gasteiger partial charge in [-0.1, -0.05) is 12.1 Å². The zero-order valence-electron chi connectivity index (χ0n) is 12.4. The van der Waals surface area contributed by atoms with Gasteiger partial charge in [-0.15, -0.1) is 0 Å². The molecule has 0 bridgehead atoms. The van der Waals surface area contributed by atoms with Gasteiger partial charge in [0.1, 0.15) is 12.1 Å². The van der Waals surface area contributed by atoms with E-state index >= 15 is 0 Å². The molecule has 0 amide bonds. The number of ether oxygens (including phenoxy) is 2. The lowest BCUT2D eigenvalue weighted by Gasteiger charge is -2.20. The lowest BCUT2D eigenvalue weighted by Crippen LogP contribution is -2.42. The van der Waals surface area contributed by atoms with Crippen molar-refractivity contribution in [1.29, 1.82) is 0 Å². The molecule has 1 fully saturated rings. The Morgan fingerprint density at radius 3 is 2.68 bits per heavy atom. The largest absolute Gasteiger partial charge is 0.486 e. The minimum atomic E-state index is -3.58. The van der Waals surface area contributed by atoms with Gasteiger partial charge >= 0.3 is 5.97 Å². The van der Waals surface area contributed by atoms with Crippen molar-refractivity contribution < 1.29 is 27.1 Å². The van der Waals surface area contributed by atoms with Crippen molar-refractivity contribution in [3.8, 4) is 5.75 Å². The molecule has 1 aromatic carbocycles. The van der Waals surface area contributed by atoms with Crippen LogP contribution in [0.2, 0.25) is 0 Å². The van der Waals surface area contributed by atoms with Gasteiger partial charge in [0, 0.05) is 6.42 Å². The molecule has 0 aromatic heterocycles. The molecule has 6 nitrogen and oxygen atoms in total. The SMILES string of the molecule is CCS(=O)(=O)N1CC(Oc2ccccc2F)CC1C(=O)OC. The van der Waals surface area contributed by atoms with E-state index in [-0.39, 0.29) is 24.5 Å². The standard InChI is InChI=1S/C14H18FNO5S/c1-3-22(18,19)16-9-10(8-12(16)14(17)20-2)21-13-7-5-4-6-11(13)15/h4-7,10,12H,3,8-9H2,1-2H3. The normalized spacial score (nSPS) is 22.5. The molecule has 1 aliphatic rings. The van der Waals surface area contributed by atoms with Crippen LogP contribution in [-0.4, -0.2) is 50.2 Å². The summed E-state index contributed by atoms with van der Waals surface area (Å²) < 4.78 is 49.0. The van der Waals surface area contributed by atoms with Gasteiger partial charge in [0.25, 0.3) is 0 Å². The summed E-state index contributed by atoms with van der Waals surface area (Å²) in [6.07, 6.45) is -0.484. The monoisotopic (exact) mass is 331 g/mol. The molecule has 1 saturated heterocycles. The van der Waals surface area contributed by atoms with E-state index in [1.165, 1.54) is 32.2 Å². The van der Waals surface area contributed by atoms with Crippen LogP contribution in [0, 0.1) is 5.82 Å². The topological polar surface area (TPSA) is 72.9 Å². The van der Waals surface area contributed by atoms with Gasteiger partial charge in [-0.25, -0.2) is 12.8 Å². The molecular weight excluding hydrogens is 313 g/mol. The van der Waals surface area contributed by atoms with Gasteiger partial charge in [-0.05, 0) is 19.1 Å². The molecule has 8 heteroatoms. The second-order valence-electron chi connectivity index (χ2n) is 4.92. The fraction of sp³-hybridized carbons (Fsp3) is 0.500. The first kappa shape index (κ1) is 16.7. The van der Waals surface area contributed by atoms with Crippen LogP contribution in [0.25, 0.3) is 0 Å². The van der Waals surface area contributed by atoms with Crippen molar-refractivity contribution in [2.75, 3.05) is 19.4 Å². The van der Waals surface area contributed by atoms with Gasteiger partial charge in [0.2, 0.25) is 10.0 Å². The molecule has 1 aromatic rings. The Bertz CT molecular complexity index is 648. The maximum Gasteiger partial charge on any atom is 0.324 e. The number of esters is 1. The number of para-hydroxylation sites is 1. The van der Waals surface area contributed by atoms with Crippen LogP contribution in [0.5, 0.6) is 5.75 Å². The Morgan fingerprint density at radius 1 is 1.41 bits per heavy atom. The number of hydrogen-bond acceptors (Lipinski definition) is 5. The predicted molar refractivity (Wildman–Crippen MR) is 77.4 cm³/mol. The van der Waals surface area contributed by atoms with E-state index in [1.54, 1.807) is 6.07 Å². The number of hydrogen-bond donors (Lipinski definition) is 0. The van der Waals surface area contributed by atoms with E-state index in [9.17, 15) is 17.6 Å². The molecule has 0 aliphatic carbocycles. The summed E-state index contributed by atoms with van der Waals surface area (Å²) in [6, 6.07) is 4.92. The van der Waals surface area contributed by atoms with Crippen LogP contribution in [0.15, 0.2) is 24.3 Å². The second kappa shape index (κ2) is 6.62. The van der Waals surface area contributed by atoms with Crippen LogP contribution < -0.4 is 4.74 Å². The van der Waals surface area contributed by atoms with E-state index in [0.29, 0.717) is 0 Å². The Labute approximate surface area is 128 Å². The summed E-state index contributed by atoms with van der Waals surface area (Å²) in [7, 11) is -2.38. The number of benzene rings is 1. The van der Waals surface area contributed by atoms with Crippen LogP contribution in [0.1, 0.15) is 13.3 Å². The second-order valence-corrected chi connectivity index (χ2v) is 7.13. The van der Waals surface area contributed by atoms with Crippen LogP contribution in [0.4, 0.5) is 4.39 Å². The maximum absolute atomic E-state index is 13.6. The summed E-state index contributed by atoms with van der Waals surface area (Å²) in [4.78, 5) is 11.8. The molecule has 1 aliphatic heterocycles. The molecule has 22 heavy (non-hydrogen) atoms. The maximum atomic E-state index is 13.6. The summed E-state index contributed by atoms with van der Waals surface area (Å²) >= 11 is 0. The lowest BCUT2D eigenvalue weighted by molar-refractivity contribution is -0.144. The Balaban J connectivity index is 2.20. The highest BCUT2D eigenvalue weighted by Crippen LogP contribution is 2.27. The number of nitrogens with zero attached hydrogens (tertiary/aromatic N) is 1. The average molecular weight is 331 g/mol. The third kappa shape index (κ3) is 3.38. The number of rotatable bonds is 5. The number of carbonyl (C=O) groups is 1. The molecule has 2 atom stereocenters. The van der Waals surface area contributed by atoms with Gasteiger partial charge in [-0.3, -0.25) is 4.79 Å². The smallest absolute Gasteiger partial charge is 0.324 e. The third-order valence-electron chi connectivity index (χ3n) is 3.54. The highest BCUT2D eigenvalue weighted by molar-refractivity contribution is 7.89. The first-order valence-corrected chi connectivity index (χ1v) is 8.48. The zero-order valence-corrected chi connectivity index (χ0v) is 13.2. The van der Waals surface area contributed by atoms with Crippen molar-refractivity contribution in [2.45, 2.75) is 25.5 Å². The molecular formula is C14H18FNO5S. The molecule has 2 rings (SSSR count). The van der Waals surface area contributed by atoms with Crippen molar-refractivity contribution in [3.05, 3.63) is 30.1 Å². The van der Waals surface area contributed by atoms with Gasteiger partial charge in [0.15, 0.2) is 11.6 Å². The van der Waals surface area contributed by atoms with Crippen molar-refractivity contribution in [2.24, 2.45) is 0 Å². The zero-order chi connectivity index (χ0) is 16.3. The number of carbonyl (C=O) groups excluding carboxylic acids is 1. The number of sulfonamides is 1. The lowest BCUT2D eigenvalue weighted by atomic mass is 10.2. The molecule has 1 heterocycles. The molecule has 0 spiro atoms. The Kier molecular flexibility index (Phi) is 5.02. The van der Waals surface area contributed by atoms with E-state index in [0.717, 1.165) is 4.31 Å². The van der Waals surface area contributed by atoms with Gasteiger partial charge in [-0.2, -0.15) is 4.31 Å². The quantitative estimate of drug-likeness (QED) is 0.757. The summed E-state index contributed by atoms with van der Waals surface area (Å²) in [5.41, 5.74) is 0. The van der Waals surface area contributed by atoms with E-state index in [4.69, 9.17) is 4.74 Å². The summed E-state index contributed by atoms with van der Waals surface area (Å²) in [5.74, 6) is -1.27. The molecule has 2 unspecified atom stereocenters. The van der Waals surface area contributed by atoms with Crippen LogP contribution >= 0.6 is 0 Å². The first-order chi connectivity index (χ1) is 10.4. The summed E-state index contributed by atoms with van der Waals surface area (Å²) in [5, 5.41) is 0. The number of halogens is 1. The molecule has 0 N–H and O–H groups in total. The molecule has 122 valence electrons. The van der Waals surface area contributed by atoms with Gasteiger partial charge in [0.05, 0.1) is 19.4 Å². The van der Waals surface area contributed by atoms with E-state index in [1.807, 2.05) is 0 Å². The number of methoxy groups -OCH3 is 1. The van der Waals surface area contributed by atoms with Gasteiger partial charge < -0.3 is 9.47 Å². The first-order valence-electron chi connectivity index (χ1n) is 6.87. The minimum Gasteiger partial charge on any atom is -0.486 e. The van der Waals surface area contributed by atoms with Crippen LogP contribution in [0.3, 0.4) is 0 Å². The fourth-order valence-electron chi connectivity index (χ4n) is 2.40. The highest BCUT2D eigenvalue weighted by atomic mass is 32.2. The Morgan fingerprint density at radius 2 is 2.09 bits per heavy atom. The van der Waals surface area contributed by atoms with Crippen molar-refractivity contribution in [1.82, 2.24) is 4.31 Å². The predicted octanol–water partition coefficient (Wildman–Crippen LogP) is 1.17. The highest BCUT2D eigenvalue weighted by Gasteiger charge is 2.44. The molecule has 0 saturated carbocycles. The van der Waals surface area contributed by atoms with E-state index < -0.39 is 34.0 Å². The van der Waals surface area contributed by atoms with E-state index in [2.05, 4.69) is 4.74 Å². The third-order valence-corrected chi connectivity index (χ3v) is 5.39. The van der Waals surface area contributed by atoms with Crippen molar-refractivity contribution in [3.63, 3.8) is 0 Å². The molecule has 0 radical (unpaired) electrons. The minimum absolute atomic E-state index is 0.00965. The summed E-state index contributed by atoms with van der Waals surface area (Å²) in [6.45, 7) is 1.49. The average Bonchev–Trinajstić information content (AvgIpc) is 2.93. The Hall–Kier alpha value is -1.67. The van der Waals surface area contributed by atoms with Crippen LogP contribution in [-0.2, 0) is 19.6 Å². The fourth-order valence-corrected chi connectivity index (χ4v) is 3.68. The van der Waals surface area contributed by atoms with Crippen molar-refractivity contribution >= 4 is 16.0 Å².